The van der Waals surface area contributed by atoms with Gasteiger partial charge in [-0.1, -0.05) is 45.4 Å². The number of hydrogen-bond acceptors (Lipinski definition) is 3. The molecule has 0 aliphatic rings. The van der Waals surface area contributed by atoms with E-state index in [1.807, 2.05) is 18.2 Å². The van der Waals surface area contributed by atoms with Crippen LogP contribution in [0.1, 0.15) is 33.3 Å². The predicted octanol–water partition coefficient (Wildman–Crippen LogP) is 4.14. The van der Waals surface area contributed by atoms with Crippen molar-refractivity contribution in [1.29, 1.82) is 0 Å². The van der Waals surface area contributed by atoms with Gasteiger partial charge >= 0.3 is 0 Å². The van der Waals surface area contributed by atoms with Crippen molar-refractivity contribution in [2.24, 2.45) is 11.8 Å². The van der Waals surface area contributed by atoms with Crippen LogP contribution in [0.25, 0.3) is 0 Å². The van der Waals surface area contributed by atoms with Crippen molar-refractivity contribution >= 4 is 11.6 Å². The zero-order chi connectivity index (χ0) is 15.7. The van der Waals surface area contributed by atoms with Crippen LogP contribution >= 0.6 is 11.6 Å². The third-order valence-corrected chi connectivity index (χ3v) is 3.11. The number of benzene rings is 1. The fourth-order valence-corrected chi connectivity index (χ4v) is 2.06. The first kappa shape index (κ1) is 18.3. The van der Waals surface area contributed by atoms with Gasteiger partial charge in [-0.2, -0.15) is 0 Å². The van der Waals surface area contributed by atoms with Gasteiger partial charge in [-0.25, -0.2) is 0 Å². The Hall–Kier alpha value is -0.770. The monoisotopic (exact) mass is 313 g/mol. The van der Waals surface area contributed by atoms with Crippen molar-refractivity contribution in [2.45, 2.75) is 34.2 Å². The van der Waals surface area contributed by atoms with E-state index in [1.165, 1.54) is 5.56 Å². The molecule has 0 heterocycles. The summed E-state index contributed by atoms with van der Waals surface area (Å²) < 4.78 is 11.1. The second-order valence-electron chi connectivity index (χ2n) is 6.11. The average molecular weight is 314 g/mol. The van der Waals surface area contributed by atoms with Gasteiger partial charge in [-0.3, -0.25) is 0 Å². The molecule has 0 radical (unpaired) electrons. The highest BCUT2D eigenvalue weighted by Crippen LogP contribution is 2.25. The summed E-state index contributed by atoms with van der Waals surface area (Å²) in [5.74, 6) is 1.91. The molecule has 0 atom stereocenters. The quantitative estimate of drug-likeness (QED) is 0.659. The lowest BCUT2D eigenvalue weighted by Crippen LogP contribution is -2.18. The van der Waals surface area contributed by atoms with Gasteiger partial charge in [0, 0.05) is 13.2 Å². The van der Waals surface area contributed by atoms with Gasteiger partial charge in [0.2, 0.25) is 0 Å². The van der Waals surface area contributed by atoms with Crippen LogP contribution < -0.4 is 10.1 Å². The molecule has 1 rings (SSSR count). The van der Waals surface area contributed by atoms with Gasteiger partial charge in [0.1, 0.15) is 12.4 Å². The molecular formula is C17H28ClNO2. The number of hydrogen-bond donors (Lipinski definition) is 1. The SMILES string of the molecule is CC(C)CNCc1ccc(OCCOCC(C)C)c(Cl)c1. The average Bonchev–Trinajstić information content (AvgIpc) is 2.39. The van der Waals surface area contributed by atoms with Gasteiger partial charge in [-0.05, 0) is 36.1 Å². The van der Waals surface area contributed by atoms with E-state index in [4.69, 9.17) is 21.1 Å². The zero-order valence-corrected chi connectivity index (χ0v) is 14.4. The van der Waals surface area contributed by atoms with Crippen molar-refractivity contribution in [3.8, 4) is 5.75 Å². The van der Waals surface area contributed by atoms with Crippen molar-refractivity contribution in [1.82, 2.24) is 5.32 Å². The Balaban J connectivity index is 2.33. The molecule has 0 saturated heterocycles. The Morgan fingerprint density at radius 3 is 2.48 bits per heavy atom. The molecule has 0 saturated carbocycles. The van der Waals surface area contributed by atoms with E-state index in [0.29, 0.717) is 30.1 Å². The van der Waals surface area contributed by atoms with E-state index in [-0.39, 0.29) is 0 Å². The maximum Gasteiger partial charge on any atom is 0.138 e. The normalized spacial score (nSPS) is 11.4. The largest absolute Gasteiger partial charge is 0.490 e. The molecule has 0 amide bonds. The van der Waals surface area contributed by atoms with Gasteiger partial charge < -0.3 is 14.8 Å². The summed E-state index contributed by atoms with van der Waals surface area (Å²) in [5, 5.41) is 4.05. The smallest absolute Gasteiger partial charge is 0.138 e. The fraction of sp³-hybridized carbons (Fsp3) is 0.647. The molecule has 0 bridgehead atoms. The Bertz CT molecular complexity index is 408. The van der Waals surface area contributed by atoms with Crippen LogP contribution in [-0.4, -0.2) is 26.4 Å². The van der Waals surface area contributed by atoms with Crippen LogP contribution in [0.3, 0.4) is 0 Å². The second kappa shape index (κ2) is 10.0. The second-order valence-corrected chi connectivity index (χ2v) is 6.51. The molecule has 0 unspecified atom stereocenters. The third kappa shape index (κ3) is 8.30. The van der Waals surface area contributed by atoms with Gasteiger partial charge in [0.25, 0.3) is 0 Å². The number of ether oxygens (including phenoxy) is 2. The zero-order valence-electron chi connectivity index (χ0n) is 13.6. The maximum atomic E-state index is 6.24. The van der Waals surface area contributed by atoms with Crippen LogP contribution in [0.5, 0.6) is 5.75 Å². The molecule has 0 spiro atoms. The molecule has 120 valence electrons. The van der Waals surface area contributed by atoms with Crippen LogP contribution in [-0.2, 0) is 11.3 Å². The Kier molecular flexibility index (Phi) is 8.74. The minimum absolute atomic E-state index is 0.525. The lowest BCUT2D eigenvalue weighted by Gasteiger charge is -2.12. The lowest BCUT2D eigenvalue weighted by atomic mass is 10.2. The number of halogens is 1. The van der Waals surface area contributed by atoms with Gasteiger partial charge in [0.15, 0.2) is 0 Å². The summed E-state index contributed by atoms with van der Waals surface area (Å²) in [7, 11) is 0. The summed E-state index contributed by atoms with van der Waals surface area (Å²) in [6, 6.07) is 5.93. The van der Waals surface area contributed by atoms with Crippen LogP contribution in [0.2, 0.25) is 5.02 Å². The molecule has 1 N–H and O–H groups in total. The van der Waals surface area contributed by atoms with Gasteiger partial charge in [0.05, 0.1) is 11.6 Å². The van der Waals surface area contributed by atoms with E-state index < -0.39 is 0 Å². The molecule has 0 aliphatic carbocycles. The van der Waals surface area contributed by atoms with E-state index in [1.54, 1.807) is 0 Å². The summed E-state index contributed by atoms with van der Waals surface area (Å²) in [6.07, 6.45) is 0. The topological polar surface area (TPSA) is 30.5 Å². The summed E-state index contributed by atoms with van der Waals surface area (Å²) >= 11 is 6.24. The molecule has 3 nitrogen and oxygen atoms in total. The Morgan fingerprint density at radius 1 is 1.10 bits per heavy atom. The molecule has 1 aromatic carbocycles. The van der Waals surface area contributed by atoms with E-state index >= 15 is 0 Å². The van der Waals surface area contributed by atoms with Gasteiger partial charge in [-0.15, -0.1) is 0 Å². The number of nitrogens with one attached hydrogen (secondary N) is 1. The van der Waals surface area contributed by atoms with Crippen molar-refractivity contribution in [3.63, 3.8) is 0 Å². The van der Waals surface area contributed by atoms with Crippen LogP contribution in [0.4, 0.5) is 0 Å². The van der Waals surface area contributed by atoms with Crippen molar-refractivity contribution < 1.29 is 9.47 Å². The molecule has 21 heavy (non-hydrogen) atoms. The van der Waals surface area contributed by atoms with E-state index in [0.717, 1.165) is 25.4 Å². The minimum Gasteiger partial charge on any atom is -0.490 e. The van der Waals surface area contributed by atoms with Crippen molar-refractivity contribution in [2.75, 3.05) is 26.4 Å². The van der Waals surface area contributed by atoms with Crippen LogP contribution in [0, 0.1) is 11.8 Å². The van der Waals surface area contributed by atoms with E-state index in [9.17, 15) is 0 Å². The lowest BCUT2D eigenvalue weighted by molar-refractivity contribution is 0.0819. The Morgan fingerprint density at radius 2 is 1.86 bits per heavy atom. The summed E-state index contributed by atoms with van der Waals surface area (Å²) in [5.41, 5.74) is 1.17. The van der Waals surface area contributed by atoms with E-state index in [2.05, 4.69) is 33.0 Å². The molecular weight excluding hydrogens is 286 g/mol. The summed E-state index contributed by atoms with van der Waals surface area (Å²) in [4.78, 5) is 0. The highest BCUT2D eigenvalue weighted by Gasteiger charge is 2.04. The fourth-order valence-electron chi connectivity index (χ4n) is 1.81. The standard InChI is InChI=1S/C17H28ClNO2/c1-13(2)10-19-11-15-5-6-17(16(18)9-15)21-8-7-20-12-14(3)4/h5-6,9,13-14,19H,7-8,10-12H2,1-4H3. The van der Waals surface area contributed by atoms with Crippen LogP contribution in [0.15, 0.2) is 18.2 Å². The summed E-state index contributed by atoms with van der Waals surface area (Å²) in [6.45, 7) is 12.4. The Labute approximate surface area is 134 Å². The first-order chi connectivity index (χ1) is 9.99. The predicted molar refractivity (Wildman–Crippen MR) is 89.1 cm³/mol. The molecule has 0 aliphatic heterocycles. The minimum atomic E-state index is 0.525. The first-order valence-corrected chi connectivity index (χ1v) is 8.06. The highest BCUT2D eigenvalue weighted by atomic mass is 35.5. The first-order valence-electron chi connectivity index (χ1n) is 7.68. The molecule has 4 heteroatoms. The number of rotatable bonds is 10. The van der Waals surface area contributed by atoms with Crippen molar-refractivity contribution in [3.05, 3.63) is 28.8 Å². The molecule has 0 aromatic heterocycles. The molecule has 1 aromatic rings. The molecule has 0 fully saturated rings. The third-order valence-electron chi connectivity index (χ3n) is 2.81. The maximum absolute atomic E-state index is 6.24. The highest BCUT2D eigenvalue weighted by molar-refractivity contribution is 6.32.